The molecule has 19 heavy (non-hydrogen) atoms. The molecule has 1 amide bonds. The van der Waals surface area contributed by atoms with Crippen LogP contribution in [0.1, 0.15) is 37.8 Å². The van der Waals surface area contributed by atoms with Crippen molar-refractivity contribution < 1.29 is 9.53 Å². The summed E-state index contributed by atoms with van der Waals surface area (Å²) in [6.07, 6.45) is 3.04. The smallest absolute Gasteiger partial charge is 0.237 e. The van der Waals surface area contributed by atoms with Gasteiger partial charge in [-0.3, -0.25) is 10.1 Å². The van der Waals surface area contributed by atoms with Gasteiger partial charge in [-0.1, -0.05) is 18.2 Å². The van der Waals surface area contributed by atoms with Gasteiger partial charge in [0.15, 0.2) is 0 Å². The summed E-state index contributed by atoms with van der Waals surface area (Å²) in [5.41, 5.74) is 1.09. The molecule has 2 atom stereocenters. The normalized spacial score (nSPS) is 21.4. The van der Waals surface area contributed by atoms with Crippen LogP contribution in [0.25, 0.3) is 0 Å². The van der Waals surface area contributed by atoms with Gasteiger partial charge < -0.3 is 10.1 Å². The molecule has 1 aromatic rings. The summed E-state index contributed by atoms with van der Waals surface area (Å²) < 4.78 is 5.37. The van der Waals surface area contributed by atoms with Crippen LogP contribution in [-0.2, 0) is 4.79 Å². The minimum absolute atomic E-state index is 0.0880. The first-order valence-corrected chi connectivity index (χ1v) is 6.89. The topological polar surface area (TPSA) is 50.4 Å². The molecular weight excluding hydrogens is 240 g/mol. The average Bonchev–Trinajstić information content (AvgIpc) is 2.64. The lowest BCUT2D eigenvalue weighted by Gasteiger charge is -2.22. The van der Waals surface area contributed by atoms with Crippen molar-refractivity contribution in [1.29, 1.82) is 0 Å². The maximum absolute atomic E-state index is 11.9. The minimum Gasteiger partial charge on any atom is -0.496 e. The van der Waals surface area contributed by atoms with Crippen LogP contribution in [0.2, 0.25) is 0 Å². The standard InChI is InChI=1S/C15H22N2O2/c1-11(12-7-3-4-9-14(12)19-2)17-13-8-5-6-10-16-15(13)18/h3-4,7,9,11,13,17H,5-6,8,10H2,1-2H3,(H,16,18)/t11-,13?/m0/s1. The van der Waals surface area contributed by atoms with Crippen molar-refractivity contribution in [3.05, 3.63) is 29.8 Å². The molecule has 0 saturated carbocycles. The molecule has 2 rings (SSSR count). The van der Waals surface area contributed by atoms with E-state index in [1.54, 1.807) is 7.11 Å². The van der Waals surface area contributed by atoms with Crippen molar-refractivity contribution in [2.24, 2.45) is 0 Å². The van der Waals surface area contributed by atoms with Gasteiger partial charge in [-0.15, -0.1) is 0 Å². The van der Waals surface area contributed by atoms with Crippen LogP contribution in [0.3, 0.4) is 0 Å². The van der Waals surface area contributed by atoms with Crippen molar-refractivity contribution >= 4 is 5.91 Å². The van der Waals surface area contributed by atoms with Gasteiger partial charge in [0.2, 0.25) is 5.91 Å². The fraction of sp³-hybridized carbons (Fsp3) is 0.533. The van der Waals surface area contributed by atoms with Gasteiger partial charge in [0, 0.05) is 18.2 Å². The Hall–Kier alpha value is -1.55. The molecular formula is C15H22N2O2. The summed E-state index contributed by atoms with van der Waals surface area (Å²) in [6.45, 7) is 2.86. The molecule has 1 aliphatic rings. The van der Waals surface area contributed by atoms with Gasteiger partial charge in [-0.25, -0.2) is 0 Å². The summed E-state index contributed by atoms with van der Waals surface area (Å²) in [6, 6.07) is 7.90. The molecule has 1 heterocycles. The maximum atomic E-state index is 11.9. The zero-order chi connectivity index (χ0) is 13.7. The number of para-hydroxylation sites is 1. The van der Waals surface area contributed by atoms with Crippen LogP contribution in [-0.4, -0.2) is 25.6 Å². The number of nitrogens with one attached hydrogen (secondary N) is 2. The second kappa shape index (κ2) is 6.57. The number of benzene rings is 1. The second-order valence-corrected chi connectivity index (χ2v) is 4.97. The third-order valence-corrected chi connectivity index (χ3v) is 3.59. The van der Waals surface area contributed by atoms with Crippen molar-refractivity contribution in [3.8, 4) is 5.75 Å². The fourth-order valence-corrected chi connectivity index (χ4v) is 2.51. The van der Waals surface area contributed by atoms with Crippen LogP contribution in [0.4, 0.5) is 0 Å². The molecule has 4 heteroatoms. The minimum atomic E-state index is -0.109. The number of hydrogen-bond donors (Lipinski definition) is 2. The number of amides is 1. The average molecular weight is 262 g/mol. The predicted molar refractivity (Wildman–Crippen MR) is 75.2 cm³/mol. The van der Waals surface area contributed by atoms with E-state index in [0.29, 0.717) is 0 Å². The third-order valence-electron chi connectivity index (χ3n) is 3.59. The van der Waals surface area contributed by atoms with E-state index >= 15 is 0 Å². The zero-order valence-corrected chi connectivity index (χ0v) is 11.6. The Morgan fingerprint density at radius 2 is 2.16 bits per heavy atom. The Kier molecular flexibility index (Phi) is 4.80. The highest BCUT2D eigenvalue weighted by Gasteiger charge is 2.23. The Balaban J connectivity index is 2.07. The van der Waals surface area contributed by atoms with E-state index in [2.05, 4.69) is 17.6 Å². The highest BCUT2D eigenvalue weighted by Crippen LogP contribution is 2.25. The molecule has 1 saturated heterocycles. The van der Waals surface area contributed by atoms with Crippen molar-refractivity contribution in [3.63, 3.8) is 0 Å². The molecule has 0 spiro atoms. The molecule has 1 unspecified atom stereocenters. The summed E-state index contributed by atoms with van der Waals surface area (Å²) in [7, 11) is 1.67. The van der Waals surface area contributed by atoms with E-state index in [1.807, 2.05) is 24.3 Å². The van der Waals surface area contributed by atoms with Crippen molar-refractivity contribution in [2.45, 2.75) is 38.3 Å². The van der Waals surface area contributed by atoms with Gasteiger partial charge in [-0.2, -0.15) is 0 Å². The van der Waals surface area contributed by atoms with Crippen LogP contribution in [0.15, 0.2) is 24.3 Å². The first kappa shape index (κ1) is 13.9. The molecule has 1 fully saturated rings. The van der Waals surface area contributed by atoms with Crippen LogP contribution < -0.4 is 15.4 Å². The number of hydrogen-bond acceptors (Lipinski definition) is 3. The summed E-state index contributed by atoms with van der Waals surface area (Å²) in [4.78, 5) is 11.9. The molecule has 4 nitrogen and oxygen atoms in total. The third kappa shape index (κ3) is 3.47. The lowest BCUT2D eigenvalue weighted by molar-refractivity contribution is -0.123. The number of ether oxygens (including phenoxy) is 1. The van der Waals surface area contributed by atoms with E-state index in [0.717, 1.165) is 37.1 Å². The Morgan fingerprint density at radius 3 is 2.95 bits per heavy atom. The molecule has 2 N–H and O–H groups in total. The van der Waals surface area contributed by atoms with Gasteiger partial charge in [0.05, 0.1) is 13.2 Å². The Bertz CT molecular complexity index is 434. The van der Waals surface area contributed by atoms with E-state index in [-0.39, 0.29) is 18.0 Å². The molecule has 0 radical (unpaired) electrons. The Morgan fingerprint density at radius 1 is 1.37 bits per heavy atom. The SMILES string of the molecule is COc1ccccc1[C@H](C)NC1CCCCNC1=O. The van der Waals surface area contributed by atoms with E-state index < -0.39 is 0 Å². The predicted octanol–water partition coefficient (Wildman–Crippen LogP) is 2.01. The Labute approximate surface area is 114 Å². The second-order valence-electron chi connectivity index (χ2n) is 4.97. The summed E-state index contributed by atoms with van der Waals surface area (Å²) in [5, 5.41) is 6.35. The molecule has 0 aliphatic carbocycles. The van der Waals surface area contributed by atoms with Gasteiger partial charge in [0.1, 0.15) is 5.75 Å². The quantitative estimate of drug-likeness (QED) is 0.872. The molecule has 0 bridgehead atoms. The van der Waals surface area contributed by atoms with Crippen LogP contribution >= 0.6 is 0 Å². The molecule has 1 aromatic carbocycles. The number of rotatable bonds is 4. The highest BCUT2D eigenvalue weighted by molar-refractivity contribution is 5.82. The van der Waals surface area contributed by atoms with Crippen LogP contribution in [0, 0.1) is 0 Å². The summed E-state index contributed by atoms with van der Waals surface area (Å²) >= 11 is 0. The first-order valence-electron chi connectivity index (χ1n) is 6.89. The van der Waals surface area contributed by atoms with Crippen molar-refractivity contribution in [2.75, 3.05) is 13.7 Å². The number of methoxy groups -OCH3 is 1. The van der Waals surface area contributed by atoms with Gasteiger partial charge >= 0.3 is 0 Å². The fourth-order valence-electron chi connectivity index (χ4n) is 2.51. The maximum Gasteiger partial charge on any atom is 0.237 e. The molecule has 1 aliphatic heterocycles. The van der Waals surface area contributed by atoms with Crippen LogP contribution in [0.5, 0.6) is 5.75 Å². The monoisotopic (exact) mass is 262 g/mol. The van der Waals surface area contributed by atoms with E-state index in [1.165, 1.54) is 0 Å². The number of carbonyl (C=O) groups is 1. The number of carbonyl (C=O) groups excluding carboxylic acids is 1. The van der Waals surface area contributed by atoms with Gasteiger partial charge in [-0.05, 0) is 32.3 Å². The molecule has 104 valence electrons. The highest BCUT2D eigenvalue weighted by atomic mass is 16.5. The van der Waals surface area contributed by atoms with Gasteiger partial charge in [0.25, 0.3) is 0 Å². The van der Waals surface area contributed by atoms with E-state index in [4.69, 9.17) is 4.74 Å². The zero-order valence-electron chi connectivity index (χ0n) is 11.6. The van der Waals surface area contributed by atoms with E-state index in [9.17, 15) is 4.79 Å². The first-order chi connectivity index (χ1) is 9.22. The largest absolute Gasteiger partial charge is 0.496 e. The summed E-state index contributed by atoms with van der Waals surface area (Å²) in [5.74, 6) is 0.968. The van der Waals surface area contributed by atoms with Crippen molar-refractivity contribution in [1.82, 2.24) is 10.6 Å². The lowest BCUT2D eigenvalue weighted by atomic mass is 10.0. The molecule has 0 aromatic heterocycles. The lowest BCUT2D eigenvalue weighted by Crippen LogP contribution is -2.43.